The van der Waals surface area contributed by atoms with Crippen molar-refractivity contribution in [2.24, 2.45) is 5.92 Å². The zero-order chi connectivity index (χ0) is 20.7. The lowest BCUT2D eigenvalue weighted by Gasteiger charge is -2.30. The molecule has 1 aliphatic heterocycles. The highest BCUT2D eigenvalue weighted by Crippen LogP contribution is 2.23. The fourth-order valence-electron chi connectivity index (χ4n) is 3.55. The van der Waals surface area contributed by atoms with Crippen LogP contribution in [-0.2, 0) is 27.1 Å². The quantitative estimate of drug-likeness (QED) is 0.718. The van der Waals surface area contributed by atoms with Crippen LogP contribution >= 0.6 is 0 Å². The molecule has 1 N–H and O–H groups in total. The number of hydrogen-bond acceptors (Lipinski definition) is 4. The number of para-hydroxylation sites is 1. The lowest BCUT2D eigenvalue weighted by molar-refractivity contribution is -0.126. The van der Waals surface area contributed by atoms with Crippen LogP contribution in [0.25, 0.3) is 0 Å². The number of carbonyl (C=O) groups is 1. The van der Waals surface area contributed by atoms with Gasteiger partial charge in [0.05, 0.1) is 12.4 Å². The van der Waals surface area contributed by atoms with Crippen molar-refractivity contribution in [1.82, 2.24) is 9.62 Å². The Morgan fingerprint density at radius 1 is 1.07 bits per heavy atom. The van der Waals surface area contributed by atoms with E-state index in [0.29, 0.717) is 39.1 Å². The molecule has 29 heavy (non-hydrogen) atoms. The maximum absolute atomic E-state index is 12.7. The van der Waals surface area contributed by atoms with Gasteiger partial charge in [0.1, 0.15) is 5.75 Å². The van der Waals surface area contributed by atoms with Gasteiger partial charge < -0.3 is 10.1 Å². The number of benzene rings is 2. The maximum atomic E-state index is 12.7. The first-order valence-electron chi connectivity index (χ1n) is 9.99. The Morgan fingerprint density at radius 2 is 1.72 bits per heavy atom. The third kappa shape index (κ3) is 5.81. The van der Waals surface area contributed by atoms with E-state index in [1.165, 1.54) is 4.31 Å². The molecule has 0 spiro atoms. The molecule has 6 nitrogen and oxygen atoms in total. The molecule has 2 aromatic carbocycles. The average molecular weight is 417 g/mol. The number of ether oxygens (including phenoxy) is 1. The lowest BCUT2D eigenvalue weighted by Crippen LogP contribution is -2.43. The van der Waals surface area contributed by atoms with Crippen molar-refractivity contribution in [3.05, 3.63) is 65.7 Å². The second-order valence-electron chi connectivity index (χ2n) is 7.17. The van der Waals surface area contributed by atoms with Gasteiger partial charge in [0, 0.05) is 31.1 Å². The summed E-state index contributed by atoms with van der Waals surface area (Å²) in [4.78, 5) is 12.6. The predicted octanol–water partition coefficient (Wildman–Crippen LogP) is 2.94. The van der Waals surface area contributed by atoms with Crippen LogP contribution in [-0.4, -0.2) is 38.3 Å². The molecular weight excluding hydrogens is 388 g/mol. The van der Waals surface area contributed by atoms with Crippen LogP contribution in [0.5, 0.6) is 5.75 Å². The van der Waals surface area contributed by atoms with Gasteiger partial charge in [-0.25, -0.2) is 12.7 Å². The normalized spacial score (nSPS) is 15.8. The molecule has 1 saturated heterocycles. The molecule has 1 amide bonds. The van der Waals surface area contributed by atoms with Crippen LogP contribution in [0.3, 0.4) is 0 Å². The molecule has 0 aliphatic carbocycles. The lowest BCUT2D eigenvalue weighted by atomic mass is 9.97. The van der Waals surface area contributed by atoms with Crippen LogP contribution in [0.4, 0.5) is 0 Å². The molecule has 0 unspecified atom stereocenters. The van der Waals surface area contributed by atoms with Gasteiger partial charge in [-0.1, -0.05) is 48.5 Å². The molecule has 0 atom stereocenters. The topological polar surface area (TPSA) is 75.7 Å². The van der Waals surface area contributed by atoms with Crippen molar-refractivity contribution in [3.8, 4) is 5.75 Å². The smallest absolute Gasteiger partial charge is 0.223 e. The van der Waals surface area contributed by atoms with Crippen molar-refractivity contribution < 1.29 is 17.9 Å². The first kappa shape index (κ1) is 21.3. The minimum Gasteiger partial charge on any atom is -0.494 e. The number of piperidine rings is 1. The van der Waals surface area contributed by atoms with E-state index in [0.717, 1.165) is 16.9 Å². The zero-order valence-corrected chi connectivity index (χ0v) is 17.5. The van der Waals surface area contributed by atoms with Crippen molar-refractivity contribution in [2.45, 2.75) is 32.1 Å². The molecule has 1 fully saturated rings. The number of sulfonamides is 1. The molecule has 0 aromatic heterocycles. The van der Waals surface area contributed by atoms with Crippen molar-refractivity contribution in [3.63, 3.8) is 0 Å². The third-order valence-electron chi connectivity index (χ3n) is 5.14. The maximum Gasteiger partial charge on any atom is 0.223 e. The Hall–Kier alpha value is -2.38. The van der Waals surface area contributed by atoms with E-state index in [1.54, 1.807) is 0 Å². The fraction of sp³-hybridized carbons (Fsp3) is 0.409. The standard InChI is InChI=1S/C22H28N2O4S/c1-2-28-21-11-7-6-10-20(21)16-23-22(25)19-12-14-24(15-13-19)29(26,27)17-18-8-4-3-5-9-18/h3-11,19H,2,12-17H2,1H3,(H,23,25). The van der Waals surface area contributed by atoms with Crippen LogP contribution in [0.15, 0.2) is 54.6 Å². The number of nitrogens with zero attached hydrogens (tertiary/aromatic N) is 1. The molecule has 156 valence electrons. The molecular formula is C22H28N2O4S. The van der Waals surface area contributed by atoms with Crippen LogP contribution < -0.4 is 10.1 Å². The Balaban J connectivity index is 1.51. The highest BCUT2D eigenvalue weighted by Gasteiger charge is 2.31. The third-order valence-corrected chi connectivity index (χ3v) is 6.99. The fourth-order valence-corrected chi connectivity index (χ4v) is 5.11. The molecule has 0 radical (unpaired) electrons. The first-order chi connectivity index (χ1) is 14.0. The highest BCUT2D eigenvalue weighted by molar-refractivity contribution is 7.88. The van der Waals surface area contributed by atoms with Gasteiger partial charge in [-0.15, -0.1) is 0 Å². The summed E-state index contributed by atoms with van der Waals surface area (Å²) in [5.41, 5.74) is 1.71. The van der Waals surface area contributed by atoms with Gasteiger partial charge in [0.25, 0.3) is 0 Å². The van der Waals surface area contributed by atoms with Gasteiger partial charge in [0.2, 0.25) is 15.9 Å². The van der Waals surface area contributed by atoms with E-state index in [4.69, 9.17) is 4.74 Å². The zero-order valence-electron chi connectivity index (χ0n) is 16.7. The van der Waals surface area contributed by atoms with Crippen LogP contribution in [0, 0.1) is 5.92 Å². The van der Waals surface area contributed by atoms with Crippen LogP contribution in [0.2, 0.25) is 0 Å². The SMILES string of the molecule is CCOc1ccccc1CNC(=O)C1CCN(S(=O)(=O)Cc2ccccc2)CC1. The molecule has 0 saturated carbocycles. The van der Waals surface area contributed by atoms with Gasteiger partial charge in [0.15, 0.2) is 0 Å². The Kier molecular flexibility index (Phi) is 7.28. The molecule has 7 heteroatoms. The molecule has 1 aliphatic rings. The molecule has 1 heterocycles. The summed E-state index contributed by atoms with van der Waals surface area (Å²) in [5, 5.41) is 2.97. The summed E-state index contributed by atoms with van der Waals surface area (Å²) in [6.45, 7) is 3.66. The number of hydrogen-bond donors (Lipinski definition) is 1. The van der Waals surface area contributed by atoms with E-state index in [9.17, 15) is 13.2 Å². The van der Waals surface area contributed by atoms with Gasteiger partial charge >= 0.3 is 0 Å². The number of nitrogens with one attached hydrogen (secondary N) is 1. The number of carbonyl (C=O) groups excluding carboxylic acids is 1. The van der Waals surface area contributed by atoms with Crippen molar-refractivity contribution >= 4 is 15.9 Å². The van der Waals surface area contributed by atoms with Gasteiger partial charge in [-0.05, 0) is 31.4 Å². The monoisotopic (exact) mass is 416 g/mol. The average Bonchev–Trinajstić information content (AvgIpc) is 2.73. The van der Waals surface area contributed by atoms with Gasteiger partial charge in [-0.3, -0.25) is 4.79 Å². The predicted molar refractivity (Wildman–Crippen MR) is 113 cm³/mol. The Labute approximate surface area is 172 Å². The Bertz CT molecular complexity index is 907. The van der Waals surface area contributed by atoms with E-state index in [2.05, 4.69) is 5.32 Å². The largest absolute Gasteiger partial charge is 0.494 e. The van der Waals surface area contributed by atoms with Crippen LogP contribution in [0.1, 0.15) is 30.9 Å². The van der Waals surface area contributed by atoms with E-state index >= 15 is 0 Å². The summed E-state index contributed by atoms with van der Waals surface area (Å²) in [7, 11) is -3.37. The molecule has 3 rings (SSSR count). The number of rotatable bonds is 8. The minimum absolute atomic E-state index is 0.00108. The van der Waals surface area contributed by atoms with Gasteiger partial charge in [-0.2, -0.15) is 0 Å². The van der Waals surface area contributed by atoms with E-state index < -0.39 is 10.0 Å². The summed E-state index contributed by atoms with van der Waals surface area (Å²) >= 11 is 0. The molecule has 2 aromatic rings. The van der Waals surface area contributed by atoms with E-state index in [-0.39, 0.29) is 17.6 Å². The van der Waals surface area contributed by atoms with E-state index in [1.807, 2.05) is 61.5 Å². The second kappa shape index (κ2) is 9.89. The van der Waals surface area contributed by atoms with Crippen molar-refractivity contribution in [1.29, 1.82) is 0 Å². The summed E-state index contributed by atoms with van der Waals surface area (Å²) in [6, 6.07) is 16.8. The summed E-state index contributed by atoms with van der Waals surface area (Å²) in [6.07, 6.45) is 1.07. The molecule has 0 bridgehead atoms. The first-order valence-corrected chi connectivity index (χ1v) is 11.6. The van der Waals surface area contributed by atoms with Crippen molar-refractivity contribution in [2.75, 3.05) is 19.7 Å². The second-order valence-corrected chi connectivity index (χ2v) is 9.14. The summed E-state index contributed by atoms with van der Waals surface area (Å²) in [5.74, 6) is 0.574. The minimum atomic E-state index is -3.37. The highest BCUT2D eigenvalue weighted by atomic mass is 32.2. The Morgan fingerprint density at radius 3 is 2.41 bits per heavy atom. The summed E-state index contributed by atoms with van der Waals surface area (Å²) < 4.78 is 32.4. The number of amides is 1.